The van der Waals surface area contributed by atoms with E-state index >= 15 is 0 Å². The Kier molecular flexibility index (Phi) is 10.3. The first-order chi connectivity index (χ1) is 25.2. The molecule has 4 heterocycles. The third kappa shape index (κ3) is 7.55. The third-order valence-corrected chi connectivity index (χ3v) is 9.19. The molecular weight excluding hydrogens is 676 g/mol. The molecule has 3 N–H and O–H groups in total. The van der Waals surface area contributed by atoms with Gasteiger partial charge in [-0.25, -0.2) is 4.79 Å². The van der Waals surface area contributed by atoms with Crippen LogP contribution in [-0.2, 0) is 28.5 Å². The number of carbonyl (C=O) groups excluding carboxylic acids is 5. The van der Waals surface area contributed by atoms with Crippen molar-refractivity contribution in [3.8, 4) is 0 Å². The van der Waals surface area contributed by atoms with Crippen molar-refractivity contribution in [1.29, 1.82) is 0 Å². The molecule has 0 saturated carbocycles. The lowest BCUT2D eigenvalue weighted by Crippen LogP contribution is -2.41. The summed E-state index contributed by atoms with van der Waals surface area (Å²) in [6, 6.07) is 20.5. The molecule has 4 aliphatic heterocycles. The van der Waals surface area contributed by atoms with Crippen LogP contribution in [0.5, 0.6) is 0 Å². The Balaban J connectivity index is 0.899. The maximum absolute atomic E-state index is 13.3. The van der Waals surface area contributed by atoms with Crippen LogP contribution in [0.15, 0.2) is 72.8 Å². The average Bonchev–Trinajstić information content (AvgIpc) is 3.74. The number of hydrogen-bond donors (Lipinski definition) is 3. The number of nitrogens with one attached hydrogen (secondary N) is 2. The van der Waals surface area contributed by atoms with Gasteiger partial charge < -0.3 is 49.4 Å². The van der Waals surface area contributed by atoms with Gasteiger partial charge in [0.15, 0.2) is 0 Å². The normalized spacial score (nSPS) is 22.1. The van der Waals surface area contributed by atoms with E-state index in [0.29, 0.717) is 43.4 Å². The van der Waals surface area contributed by atoms with Crippen LogP contribution in [0.3, 0.4) is 0 Å². The highest BCUT2D eigenvalue weighted by molar-refractivity contribution is 6.07. The van der Waals surface area contributed by atoms with Gasteiger partial charge in [-0.3, -0.25) is 24.1 Å². The fourth-order valence-corrected chi connectivity index (χ4v) is 6.48. The molecule has 0 radical (unpaired) electrons. The molecule has 7 rings (SSSR count). The average molecular weight is 715 g/mol. The Morgan fingerprint density at radius 2 is 1.13 bits per heavy atom. The number of rotatable bonds is 10. The number of aliphatic hydroxyl groups is 1. The van der Waals surface area contributed by atoms with E-state index in [0.717, 1.165) is 5.69 Å². The maximum Gasteiger partial charge on any atom is 0.414 e. The number of amides is 5. The molecule has 3 unspecified atom stereocenters. The number of aliphatic hydroxyl groups excluding tert-OH is 1. The van der Waals surface area contributed by atoms with Crippen molar-refractivity contribution in [2.45, 2.75) is 18.6 Å². The zero-order valence-corrected chi connectivity index (χ0v) is 28.1. The van der Waals surface area contributed by atoms with Crippen molar-refractivity contribution in [2.24, 2.45) is 0 Å². The van der Waals surface area contributed by atoms with Crippen molar-refractivity contribution in [3.63, 3.8) is 0 Å². The first-order valence-electron chi connectivity index (χ1n) is 17.0. The summed E-state index contributed by atoms with van der Waals surface area (Å²) in [5.41, 5.74) is 3.00. The van der Waals surface area contributed by atoms with Crippen LogP contribution in [0.4, 0.5) is 27.5 Å². The predicted octanol–water partition coefficient (Wildman–Crippen LogP) is 1.08. The second-order valence-corrected chi connectivity index (χ2v) is 12.5. The van der Waals surface area contributed by atoms with Gasteiger partial charge in [-0.05, 0) is 60.7 Å². The van der Waals surface area contributed by atoms with Crippen LogP contribution in [0.2, 0.25) is 0 Å². The van der Waals surface area contributed by atoms with Crippen molar-refractivity contribution >= 4 is 52.5 Å². The zero-order chi connectivity index (χ0) is 36.2. The molecule has 4 fully saturated rings. The largest absolute Gasteiger partial charge is 0.442 e. The minimum Gasteiger partial charge on any atom is -0.442 e. The Labute approximate surface area is 298 Å². The first-order valence-corrected chi connectivity index (χ1v) is 17.0. The van der Waals surface area contributed by atoms with E-state index in [-0.39, 0.29) is 62.3 Å². The molecule has 3 aromatic rings. The molecule has 272 valence electrons. The standard InChI is InChI=1S/C36H38N6O10/c43-31-21-49-15-13-39(31)23-5-9-25(10-6-23)41-19-27(51-35(41)47)17-37-33(45)29-3-1-2-4-30(29)34(46)38-18-28-20-42(36(48)52-28)26-11-7-24(8-12-26)40-14-16-50-22-32(40)44/h1-12,27-28,35,47H,13-22H2,(H,37,45)(H,38,46). The minimum atomic E-state index is -1.24. The summed E-state index contributed by atoms with van der Waals surface area (Å²) >= 11 is 0. The van der Waals surface area contributed by atoms with Crippen LogP contribution in [-0.4, -0.2) is 119 Å². The quantitative estimate of drug-likeness (QED) is 0.274. The van der Waals surface area contributed by atoms with Gasteiger partial charge in [-0.1, -0.05) is 12.1 Å². The smallest absolute Gasteiger partial charge is 0.414 e. The van der Waals surface area contributed by atoms with Gasteiger partial charge >= 0.3 is 6.09 Å². The zero-order valence-electron chi connectivity index (χ0n) is 28.1. The lowest BCUT2D eigenvalue weighted by atomic mass is 10.1. The molecule has 0 spiro atoms. The van der Waals surface area contributed by atoms with Crippen molar-refractivity contribution in [2.75, 3.05) is 85.3 Å². The SMILES string of the molecule is O=C(NCC1CN(c2ccc(N3CCOCC3=O)cc2)C(=O)O1)c1ccccc1C(=O)NCC1CN(c2ccc(N3CCOCC3=O)cc2)C(O)O1. The minimum absolute atomic E-state index is 0.0186. The van der Waals surface area contributed by atoms with Crippen LogP contribution in [0.25, 0.3) is 0 Å². The number of cyclic esters (lactones) is 1. The highest BCUT2D eigenvalue weighted by Crippen LogP contribution is 2.28. The monoisotopic (exact) mass is 714 g/mol. The summed E-state index contributed by atoms with van der Waals surface area (Å²) in [4.78, 5) is 69.9. The molecule has 16 heteroatoms. The third-order valence-electron chi connectivity index (χ3n) is 9.19. The van der Waals surface area contributed by atoms with Crippen molar-refractivity contribution in [3.05, 3.63) is 83.9 Å². The summed E-state index contributed by atoms with van der Waals surface area (Å²) in [7, 11) is 0. The molecule has 16 nitrogen and oxygen atoms in total. The molecule has 3 atom stereocenters. The van der Waals surface area contributed by atoms with E-state index in [1.807, 2.05) is 0 Å². The Morgan fingerprint density at radius 1 is 0.654 bits per heavy atom. The van der Waals surface area contributed by atoms with E-state index in [9.17, 15) is 29.1 Å². The summed E-state index contributed by atoms with van der Waals surface area (Å²) < 4.78 is 21.5. The fourth-order valence-electron chi connectivity index (χ4n) is 6.48. The van der Waals surface area contributed by atoms with Gasteiger partial charge in [0.05, 0.1) is 50.1 Å². The molecule has 3 aromatic carbocycles. The number of hydrogen-bond acceptors (Lipinski definition) is 11. The Bertz CT molecular complexity index is 1820. The van der Waals surface area contributed by atoms with Crippen molar-refractivity contribution < 1.29 is 48.0 Å². The van der Waals surface area contributed by atoms with Crippen LogP contribution in [0.1, 0.15) is 20.7 Å². The number of ether oxygens (including phenoxy) is 4. The topological polar surface area (TPSA) is 180 Å². The number of morpholine rings is 2. The van der Waals surface area contributed by atoms with E-state index in [1.165, 1.54) is 17.0 Å². The molecule has 0 bridgehead atoms. The second-order valence-electron chi connectivity index (χ2n) is 12.5. The van der Waals surface area contributed by atoms with Gasteiger partial charge in [-0.15, -0.1) is 0 Å². The highest BCUT2D eigenvalue weighted by Gasteiger charge is 2.34. The molecule has 52 heavy (non-hydrogen) atoms. The van der Waals surface area contributed by atoms with E-state index < -0.39 is 36.5 Å². The molecular formula is C36H38N6O10. The number of anilines is 4. The summed E-state index contributed by atoms with van der Waals surface area (Å²) in [5, 5.41) is 16.2. The molecule has 0 aliphatic carbocycles. The van der Waals surface area contributed by atoms with E-state index in [4.69, 9.17) is 18.9 Å². The summed E-state index contributed by atoms with van der Waals surface area (Å²) in [5.74, 6) is -1.26. The molecule has 4 saturated heterocycles. The molecule has 4 aliphatic rings. The summed E-state index contributed by atoms with van der Waals surface area (Å²) in [6.45, 7) is 2.47. The van der Waals surface area contributed by atoms with Gasteiger partial charge in [0.1, 0.15) is 19.3 Å². The van der Waals surface area contributed by atoms with Crippen LogP contribution >= 0.6 is 0 Å². The fraction of sp³-hybridized carbons (Fsp3) is 0.361. The van der Waals surface area contributed by atoms with E-state index in [1.54, 1.807) is 75.4 Å². The molecule has 0 aromatic heterocycles. The summed E-state index contributed by atoms with van der Waals surface area (Å²) in [6.07, 6.45) is -2.98. The highest BCUT2D eigenvalue weighted by atomic mass is 16.6. The van der Waals surface area contributed by atoms with Crippen LogP contribution < -0.4 is 30.2 Å². The van der Waals surface area contributed by atoms with Crippen molar-refractivity contribution in [1.82, 2.24) is 10.6 Å². The van der Waals surface area contributed by atoms with Gasteiger partial charge in [0, 0.05) is 42.4 Å². The van der Waals surface area contributed by atoms with Crippen LogP contribution in [0, 0.1) is 0 Å². The number of carbonyl (C=O) groups is 5. The number of nitrogens with zero attached hydrogens (tertiary/aromatic N) is 4. The Morgan fingerprint density at radius 3 is 1.65 bits per heavy atom. The second kappa shape index (κ2) is 15.4. The molecule has 5 amide bonds. The van der Waals surface area contributed by atoms with Gasteiger partial charge in [0.25, 0.3) is 23.6 Å². The van der Waals surface area contributed by atoms with Gasteiger partial charge in [0.2, 0.25) is 6.41 Å². The Hall–Kier alpha value is -5.55. The number of benzene rings is 3. The maximum atomic E-state index is 13.3. The first kappa shape index (κ1) is 34.9. The predicted molar refractivity (Wildman–Crippen MR) is 186 cm³/mol. The lowest BCUT2D eigenvalue weighted by Gasteiger charge is -2.27. The lowest BCUT2D eigenvalue weighted by molar-refractivity contribution is -0.126. The van der Waals surface area contributed by atoms with E-state index in [2.05, 4.69) is 10.6 Å². The van der Waals surface area contributed by atoms with Gasteiger partial charge in [-0.2, -0.15) is 0 Å².